The number of carbonyl (C=O) groups is 2. The van der Waals surface area contributed by atoms with E-state index < -0.39 is 0 Å². The third-order valence-electron chi connectivity index (χ3n) is 7.16. The van der Waals surface area contributed by atoms with Gasteiger partial charge in [-0.15, -0.1) is 0 Å². The number of carbonyl (C=O) groups excluding carboxylic acids is 2. The minimum Gasteiger partial charge on any atom is -0.356 e. The fourth-order valence-electron chi connectivity index (χ4n) is 5.30. The molecule has 1 aliphatic heterocycles. The number of piperidine rings is 1. The Bertz CT molecular complexity index is 933. The molecule has 5 rings (SSSR count). The average molecular weight is 405 g/mol. The van der Waals surface area contributed by atoms with Crippen molar-refractivity contribution in [3.05, 3.63) is 59.4 Å². The van der Waals surface area contributed by atoms with E-state index in [1.54, 1.807) is 12.3 Å². The highest BCUT2D eigenvalue weighted by Crippen LogP contribution is 2.52. The molecule has 0 bridgehead atoms. The summed E-state index contributed by atoms with van der Waals surface area (Å²) in [4.78, 5) is 27.3. The lowest BCUT2D eigenvalue weighted by Gasteiger charge is -2.40. The first-order valence-corrected chi connectivity index (χ1v) is 11.1. The molecule has 2 aliphatic carbocycles. The number of fused-ring (bicyclic) bond motifs is 2. The molecule has 156 valence electrons. The van der Waals surface area contributed by atoms with Gasteiger partial charge in [0.25, 0.3) is 5.91 Å². The van der Waals surface area contributed by atoms with Crippen molar-refractivity contribution >= 4 is 11.8 Å². The zero-order valence-electron chi connectivity index (χ0n) is 17.2. The number of amides is 2. The van der Waals surface area contributed by atoms with Crippen LogP contribution in [0.4, 0.5) is 0 Å². The molecule has 6 nitrogen and oxygen atoms in total. The Morgan fingerprint density at radius 3 is 2.63 bits per heavy atom. The van der Waals surface area contributed by atoms with Gasteiger partial charge in [0.05, 0.1) is 18.0 Å². The normalized spacial score (nSPS) is 22.0. The van der Waals surface area contributed by atoms with Gasteiger partial charge in [-0.2, -0.15) is 10.2 Å². The van der Waals surface area contributed by atoms with Gasteiger partial charge < -0.3 is 10.2 Å². The lowest BCUT2D eigenvalue weighted by molar-refractivity contribution is -0.121. The maximum Gasteiger partial charge on any atom is 0.255 e. The highest BCUT2D eigenvalue weighted by atomic mass is 16.2. The molecule has 1 aromatic carbocycles. The average Bonchev–Trinajstić information content (AvgIpc) is 3.58. The van der Waals surface area contributed by atoms with Crippen molar-refractivity contribution in [1.29, 1.82) is 0 Å². The Hall–Kier alpha value is -2.76. The van der Waals surface area contributed by atoms with E-state index in [4.69, 9.17) is 0 Å². The molecular weight excluding hydrogens is 376 g/mol. The van der Waals surface area contributed by atoms with Crippen molar-refractivity contribution in [2.75, 3.05) is 19.6 Å². The molecule has 6 heteroatoms. The van der Waals surface area contributed by atoms with Crippen molar-refractivity contribution in [3.63, 3.8) is 0 Å². The van der Waals surface area contributed by atoms with E-state index in [1.807, 2.05) is 4.90 Å². The van der Waals surface area contributed by atoms with Crippen molar-refractivity contribution < 1.29 is 9.59 Å². The number of rotatable bonds is 5. The van der Waals surface area contributed by atoms with Crippen LogP contribution >= 0.6 is 0 Å². The van der Waals surface area contributed by atoms with E-state index in [0.717, 1.165) is 38.9 Å². The quantitative estimate of drug-likeness (QED) is 0.831. The molecular formula is C24H28N4O2. The second-order valence-electron chi connectivity index (χ2n) is 9.14. The van der Waals surface area contributed by atoms with Gasteiger partial charge in [-0.3, -0.25) is 9.59 Å². The first-order valence-electron chi connectivity index (χ1n) is 11.1. The molecule has 2 fully saturated rings. The predicted molar refractivity (Wildman–Crippen MR) is 113 cm³/mol. The fourth-order valence-corrected chi connectivity index (χ4v) is 5.30. The maximum absolute atomic E-state index is 12.8. The van der Waals surface area contributed by atoms with Crippen LogP contribution in [0, 0.1) is 5.92 Å². The SMILES string of the molecule is O=C(C[C@@H]1CC2(CCN(C(=O)c3ccnnc3)CC2)c2ccccc21)NCC1CC1. The Morgan fingerprint density at radius 1 is 1.10 bits per heavy atom. The molecule has 1 atom stereocenters. The van der Waals surface area contributed by atoms with E-state index in [0.29, 0.717) is 17.9 Å². The predicted octanol–water partition coefficient (Wildman–Crippen LogP) is 3.05. The smallest absolute Gasteiger partial charge is 0.255 e. The summed E-state index contributed by atoms with van der Waals surface area (Å²) in [7, 11) is 0. The van der Waals surface area contributed by atoms with E-state index in [-0.39, 0.29) is 23.1 Å². The number of nitrogens with zero attached hydrogens (tertiary/aromatic N) is 3. The standard InChI is InChI=1S/C24H28N4O2/c29-22(25-15-17-5-6-17)13-19-14-24(21-4-2-1-3-20(19)21)8-11-28(12-9-24)23(30)18-7-10-26-27-16-18/h1-4,7,10,16-17,19H,5-6,8-9,11-15H2,(H,25,29)/t19-/m1/s1. The maximum atomic E-state index is 12.8. The van der Waals surface area contributed by atoms with Crippen LogP contribution in [0.2, 0.25) is 0 Å². The molecule has 1 aromatic heterocycles. The number of nitrogens with one attached hydrogen (secondary N) is 1. The van der Waals surface area contributed by atoms with Gasteiger partial charge in [-0.05, 0) is 66.5 Å². The van der Waals surface area contributed by atoms with Gasteiger partial charge in [0.1, 0.15) is 0 Å². The Morgan fingerprint density at radius 2 is 1.90 bits per heavy atom. The molecule has 2 heterocycles. The minimum absolute atomic E-state index is 0.0297. The fraction of sp³-hybridized carbons (Fsp3) is 0.500. The molecule has 3 aliphatic rings. The van der Waals surface area contributed by atoms with Gasteiger partial charge in [0.15, 0.2) is 0 Å². The van der Waals surface area contributed by atoms with Crippen LogP contribution in [-0.2, 0) is 10.2 Å². The molecule has 1 saturated heterocycles. The van der Waals surface area contributed by atoms with Gasteiger partial charge in [-0.1, -0.05) is 24.3 Å². The van der Waals surface area contributed by atoms with Gasteiger partial charge in [0, 0.05) is 26.1 Å². The number of aromatic nitrogens is 2. The van der Waals surface area contributed by atoms with Gasteiger partial charge >= 0.3 is 0 Å². The molecule has 2 aromatic rings. The van der Waals surface area contributed by atoms with Crippen LogP contribution in [-0.4, -0.2) is 46.5 Å². The number of hydrogen-bond donors (Lipinski definition) is 1. The second kappa shape index (κ2) is 7.82. The molecule has 30 heavy (non-hydrogen) atoms. The molecule has 0 unspecified atom stereocenters. The van der Waals surface area contributed by atoms with Crippen molar-refractivity contribution in [2.45, 2.75) is 49.9 Å². The zero-order chi connectivity index (χ0) is 20.6. The van der Waals surface area contributed by atoms with E-state index >= 15 is 0 Å². The molecule has 2 amide bonds. The summed E-state index contributed by atoms with van der Waals surface area (Å²) >= 11 is 0. The third kappa shape index (κ3) is 3.71. The highest BCUT2D eigenvalue weighted by molar-refractivity contribution is 5.93. The summed E-state index contributed by atoms with van der Waals surface area (Å²) in [6, 6.07) is 10.4. The van der Waals surface area contributed by atoms with Crippen molar-refractivity contribution in [2.24, 2.45) is 5.92 Å². The zero-order valence-corrected chi connectivity index (χ0v) is 17.2. The Labute approximate surface area is 177 Å². The van der Waals surface area contributed by atoms with Crippen LogP contribution in [0.15, 0.2) is 42.7 Å². The summed E-state index contributed by atoms with van der Waals surface area (Å²) < 4.78 is 0. The monoisotopic (exact) mass is 404 g/mol. The lowest BCUT2D eigenvalue weighted by atomic mass is 9.73. The summed E-state index contributed by atoms with van der Waals surface area (Å²) in [6.07, 6.45) is 9.04. The third-order valence-corrected chi connectivity index (χ3v) is 7.16. The largest absolute Gasteiger partial charge is 0.356 e. The summed E-state index contributed by atoms with van der Waals surface area (Å²) in [5.41, 5.74) is 3.39. The lowest BCUT2D eigenvalue weighted by Crippen LogP contribution is -2.44. The van der Waals surface area contributed by atoms with Crippen LogP contribution in [0.5, 0.6) is 0 Å². The summed E-state index contributed by atoms with van der Waals surface area (Å²) in [5.74, 6) is 1.18. The first kappa shape index (κ1) is 19.2. The van der Waals surface area contributed by atoms with Crippen LogP contribution in [0.1, 0.15) is 65.9 Å². The molecule has 1 saturated carbocycles. The van der Waals surface area contributed by atoms with E-state index in [9.17, 15) is 9.59 Å². The minimum atomic E-state index is 0.0297. The number of hydrogen-bond acceptors (Lipinski definition) is 4. The van der Waals surface area contributed by atoms with Gasteiger partial charge in [0.2, 0.25) is 5.91 Å². The first-order chi connectivity index (χ1) is 14.6. The Kier molecular flexibility index (Phi) is 5.01. The van der Waals surface area contributed by atoms with Crippen LogP contribution in [0.25, 0.3) is 0 Å². The van der Waals surface area contributed by atoms with Crippen molar-refractivity contribution in [3.8, 4) is 0 Å². The number of likely N-dealkylation sites (tertiary alicyclic amines) is 1. The molecule has 1 spiro atoms. The summed E-state index contributed by atoms with van der Waals surface area (Å²) in [5, 5.41) is 10.7. The summed E-state index contributed by atoms with van der Waals surface area (Å²) in [6.45, 7) is 2.30. The van der Waals surface area contributed by atoms with Crippen LogP contribution < -0.4 is 5.32 Å². The molecule has 0 radical (unpaired) electrons. The highest BCUT2D eigenvalue weighted by Gasteiger charge is 2.46. The Balaban J connectivity index is 1.28. The van der Waals surface area contributed by atoms with Gasteiger partial charge in [-0.25, -0.2) is 0 Å². The van der Waals surface area contributed by atoms with Crippen LogP contribution in [0.3, 0.4) is 0 Å². The number of benzene rings is 1. The molecule has 1 N–H and O–H groups in total. The van der Waals surface area contributed by atoms with E-state index in [2.05, 4.69) is 39.8 Å². The van der Waals surface area contributed by atoms with E-state index in [1.165, 1.54) is 30.2 Å². The van der Waals surface area contributed by atoms with Crippen molar-refractivity contribution in [1.82, 2.24) is 20.4 Å². The second-order valence-corrected chi connectivity index (χ2v) is 9.14. The topological polar surface area (TPSA) is 75.2 Å².